The molecule has 0 aliphatic heterocycles. The smallest absolute Gasteiger partial charge is 0.307 e. The summed E-state index contributed by atoms with van der Waals surface area (Å²) in [7, 11) is 0. The Morgan fingerprint density at radius 2 is 2.04 bits per heavy atom. The van der Waals surface area contributed by atoms with Crippen LogP contribution in [0.4, 0.5) is 0 Å². The molecule has 1 aromatic carbocycles. The molecule has 130 valence electrons. The molecule has 0 radical (unpaired) electrons. The molecule has 0 spiro atoms. The van der Waals surface area contributed by atoms with Crippen LogP contribution in [-0.4, -0.2) is 32.9 Å². The first-order valence-corrected chi connectivity index (χ1v) is 9.73. The average Bonchev–Trinajstić information content (AvgIpc) is 3.12. The number of aromatic hydroxyl groups is 1. The highest BCUT2D eigenvalue weighted by atomic mass is 35.5. The van der Waals surface area contributed by atoms with Gasteiger partial charge in [-0.15, -0.1) is 23.1 Å². The minimum Gasteiger partial charge on any atom is -0.506 e. The Balaban J connectivity index is 2.26. The summed E-state index contributed by atoms with van der Waals surface area (Å²) in [6.45, 7) is 1.70. The van der Waals surface area contributed by atoms with Crippen molar-refractivity contribution in [1.82, 2.24) is 4.57 Å². The van der Waals surface area contributed by atoms with E-state index in [1.54, 1.807) is 24.1 Å². The lowest BCUT2D eigenvalue weighted by atomic mass is 10.1. The predicted molar refractivity (Wildman–Crippen MR) is 101 cm³/mol. The van der Waals surface area contributed by atoms with Crippen molar-refractivity contribution in [1.29, 1.82) is 0 Å². The molecule has 2 N–H and O–H groups in total. The lowest BCUT2D eigenvalue weighted by Crippen LogP contribution is -2.13. The number of phenolic OH excluding ortho intramolecular Hbond substituents is 1. The van der Waals surface area contributed by atoms with Gasteiger partial charge in [0.1, 0.15) is 5.75 Å². The number of fused-ring (bicyclic) bond motifs is 1. The summed E-state index contributed by atoms with van der Waals surface area (Å²) < 4.78 is 2.48. The van der Waals surface area contributed by atoms with Crippen LogP contribution in [0.3, 0.4) is 0 Å². The van der Waals surface area contributed by atoms with Gasteiger partial charge in [-0.1, -0.05) is 11.6 Å². The molecule has 0 aliphatic rings. The number of thioether (sulfide) groups is 1. The molecule has 0 saturated heterocycles. The van der Waals surface area contributed by atoms with E-state index in [0.717, 1.165) is 4.21 Å². The number of carboxylic acids is 1. The van der Waals surface area contributed by atoms with E-state index in [-0.39, 0.29) is 23.1 Å². The molecule has 5 nitrogen and oxygen atoms in total. The number of carbonyl (C=O) groups excluding carboxylic acids is 1. The Morgan fingerprint density at radius 1 is 1.32 bits per heavy atom. The molecular weight excluding hydrogens is 382 g/mol. The van der Waals surface area contributed by atoms with E-state index >= 15 is 0 Å². The molecule has 0 atom stereocenters. The van der Waals surface area contributed by atoms with Gasteiger partial charge < -0.3 is 10.2 Å². The van der Waals surface area contributed by atoms with E-state index in [4.69, 9.17) is 11.6 Å². The van der Waals surface area contributed by atoms with Crippen LogP contribution >= 0.6 is 34.7 Å². The van der Waals surface area contributed by atoms with Gasteiger partial charge in [0.2, 0.25) is 0 Å². The summed E-state index contributed by atoms with van der Waals surface area (Å²) in [5, 5.41) is 21.5. The van der Waals surface area contributed by atoms with Crippen LogP contribution in [0, 0.1) is 6.92 Å². The second kappa shape index (κ2) is 6.74. The number of thiophene rings is 1. The van der Waals surface area contributed by atoms with Crippen LogP contribution in [0.2, 0.25) is 5.02 Å². The third-order valence-electron chi connectivity index (χ3n) is 3.96. The predicted octanol–water partition coefficient (Wildman–Crippen LogP) is 4.41. The number of hydrogen-bond acceptors (Lipinski definition) is 5. The molecule has 0 saturated carbocycles. The van der Waals surface area contributed by atoms with Crippen molar-refractivity contribution in [3.63, 3.8) is 0 Å². The Hall–Kier alpha value is -1.96. The summed E-state index contributed by atoms with van der Waals surface area (Å²) in [6, 6.07) is 4.71. The Morgan fingerprint density at radius 3 is 2.64 bits per heavy atom. The van der Waals surface area contributed by atoms with Crippen molar-refractivity contribution in [3.05, 3.63) is 45.4 Å². The molecule has 0 bridgehead atoms. The van der Waals surface area contributed by atoms with Crippen molar-refractivity contribution in [3.8, 4) is 5.75 Å². The number of benzene rings is 1. The number of hydrogen-bond donors (Lipinski definition) is 2. The highest BCUT2D eigenvalue weighted by Gasteiger charge is 2.23. The van der Waals surface area contributed by atoms with Gasteiger partial charge >= 0.3 is 5.97 Å². The molecular formula is C17H14ClNO4S2. The molecule has 2 aromatic heterocycles. The monoisotopic (exact) mass is 395 g/mol. The van der Waals surface area contributed by atoms with Gasteiger partial charge in [0.25, 0.3) is 5.91 Å². The van der Waals surface area contributed by atoms with Crippen LogP contribution in [0.15, 0.2) is 27.8 Å². The van der Waals surface area contributed by atoms with Crippen LogP contribution < -0.4 is 0 Å². The first-order chi connectivity index (χ1) is 11.8. The fourth-order valence-corrected chi connectivity index (χ4v) is 4.33. The molecule has 8 heteroatoms. The van der Waals surface area contributed by atoms with E-state index < -0.39 is 5.97 Å². The highest BCUT2D eigenvalue weighted by Crippen LogP contribution is 2.35. The van der Waals surface area contributed by atoms with Crippen LogP contribution in [-0.2, 0) is 11.2 Å². The number of aliphatic carboxylic acids is 1. The van der Waals surface area contributed by atoms with Gasteiger partial charge in [0.15, 0.2) is 0 Å². The van der Waals surface area contributed by atoms with Crippen molar-refractivity contribution < 1.29 is 19.8 Å². The third-order valence-corrected chi connectivity index (χ3v) is 6.29. The Bertz CT molecular complexity index is 1010. The first-order valence-electron chi connectivity index (χ1n) is 7.25. The zero-order valence-electron chi connectivity index (χ0n) is 13.4. The summed E-state index contributed by atoms with van der Waals surface area (Å²) in [6.07, 6.45) is 1.69. The van der Waals surface area contributed by atoms with Gasteiger partial charge in [0.05, 0.1) is 26.7 Å². The van der Waals surface area contributed by atoms with E-state index in [2.05, 4.69) is 0 Å². The molecule has 0 fully saturated rings. The van der Waals surface area contributed by atoms with E-state index in [9.17, 15) is 19.8 Å². The van der Waals surface area contributed by atoms with Crippen molar-refractivity contribution in [2.45, 2.75) is 17.6 Å². The van der Waals surface area contributed by atoms with Gasteiger partial charge in [-0.3, -0.25) is 14.2 Å². The normalized spacial score (nSPS) is 11.2. The maximum absolute atomic E-state index is 13.0. The quantitative estimate of drug-likeness (QED) is 0.640. The summed E-state index contributed by atoms with van der Waals surface area (Å²) >= 11 is 9.04. The molecule has 0 unspecified atom stereocenters. The number of aromatic nitrogens is 1. The van der Waals surface area contributed by atoms with Gasteiger partial charge in [0, 0.05) is 16.5 Å². The lowest BCUT2D eigenvalue weighted by Gasteiger charge is -2.06. The fraction of sp³-hybridized carbons (Fsp3) is 0.176. The lowest BCUT2D eigenvalue weighted by molar-refractivity contribution is -0.136. The molecule has 2 heterocycles. The van der Waals surface area contributed by atoms with Crippen molar-refractivity contribution >= 4 is 57.5 Å². The minimum absolute atomic E-state index is 0.107. The summed E-state index contributed by atoms with van der Waals surface area (Å²) in [5.74, 6) is -1.41. The molecule has 25 heavy (non-hydrogen) atoms. The fourth-order valence-electron chi connectivity index (χ4n) is 2.79. The minimum atomic E-state index is -1.01. The number of halogens is 1. The van der Waals surface area contributed by atoms with Crippen LogP contribution in [0.1, 0.15) is 21.6 Å². The van der Waals surface area contributed by atoms with E-state index in [0.29, 0.717) is 27.7 Å². The number of rotatable bonds is 4. The molecule has 3 rings (SSSR count). The second-order valence-electron chi connectivity index (χ2n) is 5.45. The molecule has 3 aromatic rings. The number of nitrogens with zero attached hydrogens (tertiary/aromatic N) is 1. The highest BCUT2D eigenvalue weighted by molar-refractivity contribution is 8.00. The zero-order valence-corrected chi connectivity index (χ0v) is 15.8. The van der Waals surface area contributed by atoms with Crippen LogP contribution in [0.5, 0.6) is 5.75 Å². The first kappa shape index (κ1) is 17.8. The number of carboxylic acid groups (broad SMARTS) is 1. The van der Waals surface area contributed by atoms with E-state index in [1.807, 2.05) is 12.3 Å². The third kappa shape index (κ3) is 3.15. The second-order valence-corrected chi connectivity index (χ2v) is 7.88. The number of phenols is 1. The van der Waals surface area contributed by atoms with Gasteiger partial charge in [-0.05, 0) is 36.9 Å². The standard InChI is InChI=1S/C17H14ClNO4S2/c1-8-10(5-15(21)22)11-4-14(20)12(18)6-13(11)19(8)17(23)9-3-16(24-2)25-7-9/h3-4,6-7,20H,5H2,1-2H3,(H,21,22). The number of carbonyl (C=O) groups is 2. The van der Waals surface area contributed by atoms with Gasteiger partial charge in [-0.2, -0.15) is 0 Å². The molecule has 0 aliphatic carbocycles. The largest absolute Gasteiger partial charge is 0.506 e. The van der Waals surface area contributed by atoms with Gasteiger partial charge in [-0.25, -0.2) is 0 Å². The summed E-state index contributed by atoms with van der Waals surface area (Å²) in [5.41, 5.74) is 2.03. The zero-order chi connectivity index (χ0) is 18.3. The molecule has 0 amide bonds. The summed E-state index contributed by atoms with van der Waals surface area (Å²) in [4.78, 5) is 24.2. The van der Waals surface area contributed by atoms with Crippen LogP contribution in [0.25, 0.3) is 10.9 Å². The van der Waals surface area contributed by atoms with Crippen molar-refractivity contribution in [2.24, 2.45) is 0 Å². The maximum Gasteiger partial charge on any atom is 0.307 e. The SMILES string of the molecule is CSc1cc(C(=O)n2c(C)c(CC(=O)O)c3cc(O)c(Cl)cc32)cs1. The maximum atomic E-state index is 13.0. The van der Waals surface area contributed by atoms with Crippen molar-refractivity contribution in [2.75, 3.05) is 6.26 Å². The Kier molecular flexibility index (Phi) is 4.81. The average molecular weight is 396 g/mol. The Labute approximate surface area is 156 Å². The topological polar surface area (TPSA) is 79.5 Å². The van der Waals surface area contributed by atoms with E-state index in [1.165, 1.54) is 28.0 Å².